The molecule has 2 aliphatic rings. The second kappa shape index (κ2) is 7.15. The van der Waals surface area contributed by atoms with Crippen molar-refractivity contribution in [2.75, 3.05) is 26.7 Å². The number of carbonyl (C=O) groups excluding carboxylic acids is 2. The van der Waals surface area contributed by atoms with Gasteiger partial charge in [-0.1, -0.05) is 12.1 Å². The number of primary amides is 1. The molecule has 1 saturated heterocycles. The summed E-state index contributed by atoms with van der Waals surface area (Å²) in [5.74, 6) is 0.689. The van der Waals surface area contributed by atoms with Crippen molar-refractivity contribution in [2.24, 2.45) is 11.7 Å². The van der Waals surface area contributed by atoms with Gasteiger partial charge in [0, 0.05) is 30.6 Å². The molecular weight excluding hydrogens is 342 g/mol. The van der Waals surface area contributed by atoms with Gasteiger partial charge in [-0.3, -0.25) is 9.59 Å². The van der Waals surface area contributed by atoms with Gasteiger partial charge in [0.25, 0.3) is 0 Å². The Morgan fingerprint density at radius 1 is 1.22 bits per heavy atom. The number of rotatable bonds is 3. The van der Waals surface area contributed by atoms with Crippen LogP contribution in [0.25, 0.3) is 11.4 Å². The van der Waals surface area contributed by atoms with Crippen LogP contribution in [0.1, 0.15) is 34.6 Å². The Labute approximate surface area is 158 Å². The summed E-state index contributed by atoms with van der Waals surface area (Å²) in [6.07, 6.45) is 2.83. The fourth-order valence-corrected chi connectivity index (χ4v) is 4.04. The van der Waals surface area contributed by atoms with Gasteiger partial charge in [0.1, 0.15) is 5.82 Å². The SMILES string of the molecule is CN1CCCC(C(=O)N2CCc3nc(-c4ccc(C(N)=O)cc4)[nH]c3C2)C1. The van der Waals surface area contributed by atoms with Crippen molar-refractivity contribution in [1.29, 1.82) is 0 Å². The minimum Gasteiger partial charge on any atom is -0.366 e. The molecule has 0 saturated carbocycles. The number of H-pyrrole nitrogens is 1. The van der Waals surface area contributed by atoms with Gasteiger partial charge in [-0.2, -0.15) is 0 Å². The van der Waals surface area contributed by atoms with Crippen LogP contribution < -0.4 is 5.73 Å². The van der Waals surface area contributed by atoms with Crippen LogP contribution in [-0.2, 0) is 17.8 Å². The third-order valence-electron chi connectivity index (χ3n) is 5.56. The van der Waals surface area contributed by atoms with E-state index >= 15 is 0 Å². The number of imidazole rings is 1. The number of nitrogens with one attached hydrogen (secondary N) is 1. The molecule has 2 aliphatic heterocycles. The molecule has 142 valence electrons. The van der Waals surface area contributed by atoms with Gasteiger partial charge in [-0.15, -0.1) is 0 Å². The largest absolute Gasteiger partial charge is 0.366 e. The van der Waals surface area contributed by atoms with Crippen molar-refractivity contribution < 1.29 is 9.59 Å². The van der Waals surface area contributed by atoms with Crippen molar-refractivity contribution >= 4 is 11.8 Å². The van der Waals surface area contributed by atoms with Crippen LogP contribution in [0.15, 0.2) is 24.3 Å². The molecule has 0 bridgehead atoms. The Kier molecular flexibility index (Phi) is 4.70. The van der Waals surface area contributed by atoms with Crippen LogP contribution in [-0.4, -0.2) is 58.3 Å². The normalized spacial score (nSPS) is 20.3. The van der Waals surface area contributed by atoms with E-state index in [9.17, 15) is 9.59 Å². The maximum absolute atomic E-state index is 12.9. The first kappa shape index (κ1) is 17.7. The lowest BCUT2D eigenvalue weighted by atomic mass is 9.96. The van der Waals surface area contributed by atoms with E-state index in [1.807, 2.05) is 17.0 Å². The average Bonchev–Trinajstić information content (AvgIpc) is 3.10. The monoisotopic (exact) mass is 367 g/mol. The predicted molar refractivity (Wildman–Crippen MR) is 102 cm³/mol. The lowest BCUT2D eigenvalue weighted by Gasteiger charge is -2.34. The fraction of sp³-hybridized carbons (Fsp3) is 0.450. The fourth-order valence-electron chi connectivity index (χ4n) is 4.04. The van der Waals surface area contributed by atoms with E-state index < -0.39 is 5.91 Å². The van der Waals surface area contributed by atoms with E-state index in [1.54, 1.807) is 12.1 Å². The molecule has 3 heterocycles. The molecule has 7 heteroatoms. The molecule has 27 heavy (non-hydrogen) atoms. The summed E-state index contributed by atoms with van der Waals surface area (Å²) in [6.45, 7) is 3.23. The Morgan fingerprint density at radius 2 is 2.00 bits per heavy atom. The third-order valence-corrected chi connectivity index (χ3v) is 5.56. The lowest BCUT2D eigenvalue weighted by molar-refractivity contribution is -0.138. The predicted octanol–water partition coefficient (Wildman–Crippen LogP) is 1.40. The maximum Gasteiger partial charge on any atom is 0.248 e. The van der Waals surface area contributed by atoms with Gasteiger partial charge in [0.2, 0.25) is 11.8 Å². The topological polar surface area (TPSA) is 95.3 Å². The summed E-state index contributed by atoms with van der Waals surface area (Å²) in [5, 5.41) is 0. The first-order chi connectivity index (χ1) is 13.0. The van der Waals surface area contributed by atoms with Crippen LogP contribution in [0.4, 0.5) is 0 Å². The number of aromatic amines is 1. The molecule has 2 aromatic rings. The number of piperidine rings is 1. The van der Waals surface area contributed by atoms with Gasteiger partial charge in [0.15, 0.2) is 0 Å². The number of aromatic nitrogens is 2. The maximum atomic E-state index is 12.9. The second-order valence-electron chi connectivity index (χ2n) is 7.56. The zero-order valence-electron chi connectivity index (χ0n) is 15.6. The molecule has 1 atom stereocenters. The van der Waals surface area contributed by atoms with Crippen molar-refractivity contribution in [1.82, 2.24) is 19.8 Å². The van der Waals surface area contributed by atoms with E-state index in [0.717, 1.165) is 61.7 Å². The Balaban J connectivity index is 1.49. The number of amides is 2. The summed E-state index contributed by atoms with van der Waals surface area (Å²) >= 11 is 0. The second-order valence-corrected chi connectivity index (χ2v) is 7.56. The number of nitrogens with zero attached hydrogens (tertiary/aromatic N) is 3. The highest BCUT2D eigenvalue weighted by Crippen LogP contribution is 2.25. The molecule has 1 aromatic carbocycles. The first-order valence-electron chi connectivity index (χ1n) is 9.46. The first-order valence-corrected chi connectivity index (χ1v) is 9.46. The highest BCUT2D eigenvalue weighted by atomic mass is 16.2. The van der Waals surface area contributed by atoms with E-state index in [0.29, 0.717) is 12.1 Å². The number of likely N-dealkylation sites (tertiary alicyclic amines) is 1. The third kappa shape index (κ3) is 3.60. The zero-order valence-corrected chi connectivity index (χ0v) is 15.6. The van der Waals surface area contributed by atoms with Crippen molar-refractivity contribution in [2.45, 2.75) is 25.8 Å². The number of carbonyl (C=O) groups is 2. The molecular formula is C20H25N5O2. The summed E-state index contributed by atoms with van der Waals surface area (Å²) in [7, 11) is 2.08. The Morgan fingerprint density at radius 3 is 2.70 bits per heavy atom. The number of nitrogens with two attached hydrogens (primary N) is 1. The number of fused-ring (bicyclic) bond motifs is 1. The molecule has 1 aromatic heterocycles. The molecule has 3 N–H and O–H groups in total. The van der Waals surface area contributed by atoms with E-state index in [4.69, 9.17) is 10.7 Å². The number of hydrogen-bond acceptors (Lipinski definition) is 4. The molecule has 1 unspecified atom stereocenters. The Hall–Kier alpha value is -2.67. The lowest BCUT2D eigenvalue weighted by Crippen LogP contribution is -2.45. The minimum absolute atomic E-state index is 0.106. The van der Waals surface area contributed by atoms with Crippen LogP contribution in [0.5, 0.6) is 0 Å². The summed E-state index contributed by atoms with van der Waals surface area (Å²) in [5.41, 5.74) is 8.70. The highest BCUT2D eigenvalue weighted by molar-refractivity contribution is 5.93. The van der Waals surface area contributed by atoms with Gasteiger partial charge in [-0.25, -0.2) is 4.98 Å². The highest BCUT2D eigenvalue weighted by Gasteiger charge is 2.31. The number of hydrogen-bond donors (Lipinski definition) is 2. The molecule has 7 nitrogen and oxygen atoms in total. The van der Waals surface area contributed by atoms with Crippen molar-refractivity contribution in [3.63, 3.8) is 0 Å². The quantitative estimate of drug-likeness (QED) is 0.857. The zero-order chi connectivity index (χ0) is 19.0. The molecule has 4 rings (SSSR count). The van der Waals surface area contributed by atoms with Crippen LogP contribution in [0.3, 0.4) is 0 Å². The van der Waals surface area contributed by atoms with Crippen LogP contribution in [0.2, 0.25) is 0 Å². The van der Waals surface area contributed by atoms with Gasteiger partial charge < -0.3 is 20.5 Å². The van der Waals surface area contributed by atoms with Gasteiger partial charge in [-0.05, 0) is 38.6 Å². The summed E-state index contributed by atoms with van der Waals surface area (Å²) in [4.78, 5) is 36.4. The molecule has 2 amide bonds. The van der Waals surface area contributed by atoms with E-state index in [-0.39, 0.29) is 11.8 Å². The van der Waals surface area contributed by atoms with Crippen LogP contribution in [0, 0.1) is 5.92 Å². The van der Waals surface area contributed by atoms with Gasteiger partial charge in [0.05, 0.1) is 23.9 Å². The van der Waals surface area contributed by atoms with Gasteiger partial charge >= 0.3 is 0 Å². The van der Waals surface area contributed by atoms with Crippen molar-refractivity contribution in [3.8, 4) is 11.4 Å². The standard InChI is InChI=1S/C20H25N5O2/c1-24-9-2-3-15(11-24)20(27)25-10-8-16-17(12-25)23-19(22-16)14-6-4-13(5-7-14)18(21)26/h4-7,15H,2-3,8-12H2,1H3,(H2,21,26)(H,22,23). The summed E-state index contributed by atoms with van der Waals surface area (Å²) < 4.78 is 0. The minimum atomic E-state index is -0.442. The molecule has 1 fully saturated rings. The molecule has 0 aliphatic carbocycles. The van der Waals surface area contributed by atoms with Crippen molar-refractivity contribution in [3.05, 3.63) is 41.2 Å². The molecule has 0 spiro atoms. The molecule has 0 radical (unpaired) electrons. The smallest absolute Gasteiger partial charge is 0.248 e. The number of benzene rings is 1. The Bertz CT molecular complexity index is 858. The summed E-state index contributed by atoms with van der Waals surface area (Å²) in [6, 6.07) is 7.08. The van der Waals surface area contributed by atoms with E-state index in [2.05, 4.69) is 16.9 Å². The van der Waals surface area contributed by atoms with E-state index in [1.165, 1.54) is 0 Å². The van der Waals surface area contributed by atoms with Crippen LogP contribution >= 0.6 is 0 Å². The average molecular weight is 367 g/mol.